The Morgan fingerprint density at radius 2 is 1.85 bits per heavy atom. The normalized spacial score (nSPS) is 32.9. The lowest BCUT2D eigenvalue weighted by molar-refractivity contribution is -0.946. The molecule has 2 fully saturated rings. The maximum absolute atomic E-state index is 12.5. The number of ketones is 1. The number of nitrogens with one attached hydrogen (secondary N) is 1. The first-order valence-electron chi connectivity index (χ1n) is 7.29. The number of hydrogen-bond acceptors (Lipinski definition) is 4. The number of nitrogens with zero attached hydrogens (tertiary/aromatic N) is 3. The number of quaternary nitrogens is 1. The standard InChI is InChI=1S/C15H23N4O/c1-2-19(8-15(20)14-6-4-3-5-7-14)12-17-9-16-10-18(11-17)13-19/h3-7,16H,2,8-13H2,1H3/q+1. The van der Waals surface area contributed by atoms with Crippen molar-refractivity contribution in [2.24, 2.45) is 0 Å². The predicted octanol–water partition coefficient (Wildman–Crippen LogP) is 0.714. The summed E-state index contributed by atoms with van der Waals surface area (Å²) < 4.78 is 0.843. The van der Waals surface area contributed by atoms with E-state index in [1.54, 1.807) is 0 Å². The summed E-state index contributed by atoms with van der Waals surface area (Å²) in [5.74, 6) is 0.253. The van der Waals surface area contributed by atoms with Crippen molar-refractivity contribution >= 4 is 5.78 Å². The Morgan fingerprint density at radius 1 is 1.20 bits per heavy atom. The minimum Gasteiger partial charge on any atom is -0.292 e. The van der Waals surface area contributed by atoms with Gasteiger partial charge in [0.15, 0.2) is 0 Å². The molecule has 0 amide bonds. The summed E-state index contributed by atoms with van der Waals surface area (Å²) in [5.41, 5.74) is 0.831. The SMILES string of the molecule is CC[N+]1(CC(=O)c2ccccc2)CN2CNCN(C2)C1. The number of rotatable bonds is 4. The highest BCUT2D eigenvalue weighted by Crippen LogP contribution is 2.19. The number of carbonyl (C=O) groups excluding carboxylic acids is 1. The van der Waals surface area contributed by atoms with Gasteiger partial charge in [-0.05, 0) is 6.92 Å². The van der Waals surface area contributed by atoms with Crippen LogP contribution in [-0.2, 0) is 0 Å². The van der Waals surface area contributed by atoms with Gasteiger partial charge < -0.3 is 0 Å². The van der Waals surface area contributed by atoms with Crippen LogP contribution in [0.15, 0.2) is 30.3 Å². The number of benzene rings is 1. The predicted molar refractivity (Wildman–Crippen MR) is 77.6 cm³/mol. The van der Waals surface area contributed by atoms with Crippen molar-refractivity contribution in [2.75, 3.05) is 46.4 Å². The molecule has 2 bridgehead atoms. The highest BCUT2D eigenvalue weighted by Gasteiger charge is 2.39. The van der Waals surface area contributed by atoms with Gasteiger partial charge in [0.25, 0.3) is 0 Å². The van der Waals surface area contributed by atoms with E-state index >= 15 is 0 Å². The maximum atomic E-state index is 12.5. The van der Waals surface area contributed by atoms with Crippen molar-refractivity contribution in [1.82, 2.24) is 15.1 Å². The monoisotopic (exact) mass is 275 g/mol. The van der Waals surface area contributed by atoms with Gasteiger partial charge in [-0.3, -0.25) is 14.6 Å². The zero-order valence-electron chi connectivity index (χ0n) is 12.1. The molecule has 0 radical (unpaired) electrons. The lowest BCUT2D eigenvalue weighted by atomic mass is 10.1. The first-order valence-corrected chi connectivity index (χ1v) is 7.29. The first-order chi connectivity index (χ1) is 9.71. The van der Waals surface area contributed by atoms with Gasteiger partial charge in [-0.15, -0.1) is 0 Å². The smallest absolute Gasteiger partial charge is 0.217 e. The molecule has 1 aromatic rings. The largest absolute Gasteiger partial charge is 0.292 e. The molecule has 2 atom stereocenters. The number of likely N-dealkylation sites (N-methyl/N-ethyl adjacent to an activating group) is 1. The second-order valence-electron chi connectivity index (χ2n) is 5.94. The Bertz CT molecular complexity index is 464. The summed E-state index contributed by atoms with van der Waals surface area (Å²) >= 11 is 0. The maximum Gasteiger partial charge on any atom is 0.217 e. The fraction of sp³-hybridized carbons (Fsp3) is 0.533. The topological polar surface area (TPSA) is 35.6 Å². The van der Waals surface area contributed by atoms with Crippen LogP contribution in [0.2, 0.25) is 0 Å². The highest BCUT2D eigenvalue weighted by atomic mass is 16.1. The molecule has 2 aliphatic heterocycles. The molecule has 0 saturated carbocycles. The Balaban J connectivity index is 1.75. The Hall–Kier alpha value is -1.27. The minimum absolute atomic E-state index is 0.253. The van der Waals surface area contributed by atoms with Crippen molar-refractivity contribution in [3.63, 3.8) is 0 Å². The van der Waals surface area contributed by atoms with Crippen LogP contribution < -0.4 is 5.32 Å². The van der Waals surface area contributed by atoms with Gasteiger partial charge in [0.2, 0.25) is 5.78 Å². The van der Waals surface area contributed by atoms with E-state index in [0.717, 1.165) is 49.9 Å². The van der Waals surface area contributed by atoms with E-state index in [1.165, 1.54) is 0 Å². The molecule has 5 heteroatoms. The summed E-state index contributed by atoms with van der Waals surface area (Å²) in [5, 5.41) is 3.39. The fourth-order valence-electron chi connectivity index (χ4n) is 3.26. The summed E-state index contributed by atoms with van der Waals surface area (Å²) in [4.78, 5) is 17.3. The van der Waals surface area contributed by atoms with Crippen LogP contribution in [-0.4, -0.2) is 66.5 Å². The number of fused-ring (bicyclic) bond motifs is 2. The van der Waals surface area contributed by atoms with Crippen LogP contribution in [0.5, 0.6) is 0 Å². The number of carbonyl (C=O) groups is 1. The first kappa shape index (κ1) is 13.7. The molecule has 2 heterocycles. The number of Topliss-reactive ketones (excluding diaryl/α,β-unsaturated/α-hetero) is 1. The lowest BCUT2D eigenvalue weighted by Crippen LogP contribution is -2.71. The molecule has 5 nitrogen and oxygen atoms in total. The van der Waals surface area contributed by atoms with Crippen molar-refractivity contribution in [1.29, 1.82) is 0 Å². The lowest BCUT2D eigenvalue weighted by Gasteiger charge is -2.51. The summed E-state index contributed by atoms with van der Waals surface area (Å²) in [6, 6.07) is 9.66. The molecule has 20 heavy (non-hydrogen) atoms. The molecule has 0 spiro atoms. The van der Waals surface area contributed by atoms with Gasteiger partial charge in [0, 0.05) is 5.56 Å². The summed E-state index contributed by atoms with van der Waals surface area (Å²) in [6.45, 7) is 8.56. The van der Waals surface area contributed by atoms with Crippen LogP contribution in [0.25, 0.3) is 0 Å². The van der Waals surface area contributed by atoms with Gasteiger partial charge >= 0.3 is 0 Å². The molecular formula is C15H23N4O+. The molecule has 2 unspecified atom stereocenters. The van der Waals surface area contributed by atoms with Crippen LogP contribution >= 0.6 is 0 Å². The van der Waals surface area contributed by atoms with E-state index in [1.807, 2.05) is 30.3 Å². The van der Waals surface area contributed by atoms with E-state index in [2.05, 4.69) is 22.0 Å². The van der Waals surface area contributed by atoms with Gasteiger partial charge in [-0.2, -0.15) is 0 Å². The third-order valence-corrected chi connectivity index (χ3v) is 4.32. The third kappa shape index (κ3) is 2.76. The van der Waals surface area contributed by atoms with Crippen LogP contribution in [0.4, 0.5) is 0 Å². The van der Waals surface area contributed by atoms with Crippen molar-refractivity contribution in [3.8, 4) is 0 Å². The van der Waals surface area contributed by atoms with Gasteiger partial charge in [0.05, 0.1) is 26.6 Å². The summed E-state index contributed by atoms with van der Waals surface area (Å²) in [7, 11) is 0. The number of hydrogen-bond donors (Lipinski definition) is 1. The van der Waals surface area contributed by atoms with Crippen LogP contribution in [0, 0.1) is 0 Å². The van der Waals surface area contributed by atoms with Gasteiger partial charge in [-0.25, -0.2) is 9.80 Å². The average molecular weight is 275 g/mol. The van der Waals surface area contributed by atoms with Crippen LogP contribution in [0.3, 0.4) is 0 Å². The summed E-state index contributed by atoms with van der Waals surface area (Å²) in [6.07, 6.45) is 0. The molecule has 1 N–H and O–H groups in total. The second-order valence-corrected chi connectivity index (χ2v) is 5.94. The average Bonchev–Trinajstić information content (AvgIpc) is 2.48. The quantitative estimate of drug-likeness (QED) is 0.648. The molecule has 1 aromatic carbocycles. The Kier molecular flexibility index (Phi) is 3.85. The van der Waals surface area contributed by atoms with Gasteiger partial charge in [0.1, 0.15) is 19.9 Å². The zero-order valence-corrected chi connectivity index (χ0v) is 12.1. The third-order valence-electron chi connectivity index (χ3n) is 4.32. The van der Waals surface area contributed by atoms with Gasteiger partial charge in [-0.1, -0.05) is 30.3 Å². The molecule has 2 saturated heterocycles. The Morgan fingerprint density at radius 3 is 2.45 bits per heavy atom. The molecule has 0 aromatic heterocycles. The fourth-order valence-corrected chi connectivity index (χ4v) is 3.26. The molecule has 0 aliphatic carbocycles. The molecule has 3 rings (SSSR count). The minimum atomic E-state index is 0.253. The van der Waals surface area contributed by atoms with Crippen molar-refractivity contribution in [2.45, 2.75) is 6.92 Å². The van der Waals surface area contributed by atoms with E-state index in [9.17, 15) is 4.79 Å². The zero-order chi connectivity index (χ0) is 14.0. The van der Waals surface area contributed by atoms with E-state index < -0.39 is 0 Å². The van der Waals surface area contributed by atoms with Crippen molar-refractivity contribution < 1.29 is 9.28 Å². The second kappa shape index (κ2) is 5.61. The molecule has 108 valence electrons. The highest BCUT2D eigenvalue weighted by molar-refractivity contribution is 5.96. The molecular weight excluding hydrogens is 252 g/mol. The molecule has 2 aliphatic rings. The Labute approximate surface area is 120 Å². The van der Waals surface area contributed by atoms with E-state index in [4.69, 9.17) is 0 Å². The van der Waals surface area contributed by atoms with Crippen molar-refractivity contribution in [3.05, 3.63) is 35.9 Å². The van der Waals surface area contributed by atoms with E-state index in [-0.39, 0.29) is 5.78 Å². The van der Waals surface area contributed by atoms with E-state index in [0.29, 0.717) is 6.54 Å². The van der Waals surface area contributed by atoms with Crippen LogP contribution in [0.1, 0.15) is 17.3 Å².